The highest BCUT2D eigenvalue weighted by molar-refractivity contribution is 7.90. The van der Waals surface area contributed by atoms with E-state index in [-0.39, 0.29) is 22.9 Å². The SMILES string of the molecule is O=C(Cn1cc(S(=O)(=O)Cc2cccc(F)c2)c2ccccc21)Nc1ccc([N+](=O)[O-])cc1. The van der Waals surface area contributed by atoms with Crippen LogP contribution < -0.4 is 5.32 Å². The fraction of sp³-hybridized carbons (Fsp3) is 0.0870. The number of non-ortho nitro benzene ring substituents is 1. The molecular formula is C23H18FN3O5S. The maximum atomic E-state index is 13.5. The molecule has 4 aromatic rings. The molecule has 0 saturated carbocycles. The van der Waals surface area contributed by atoms with Gasteiger partial charge in [-0.15, -0.1) is 0 Å². The maximum Gasteiger partial charge on any atom is 0.269 e. The quantitative estimate of drug-likeness (QED) is 0.322. The number of hydrogen-bond acceptors (Lipinski definition) is 5. The lowest BCUT2D eigenvalue weighted by Crippen LogP contribution is -2.18. The minimum atomic E-state index is -3.83. The largest absolute Gasteiger partial charge is 0.337 e. The smallest absolute Gasteiger partial charge is 0.269 e. The van der Waals surface area contributed by atoms with Crippen molar-refractivity contribution in [1.82, 2.24) is 4.57 Å². The highest BCUT2D eigenvalue weighted by Crippen LogP contribution is 2.28. The van der Waals surface area contributed by atoms with E-state index in [0.29, 0.717) is 22.2 Å². The van der Waals surface area contributed by atoms with Crippen LogP contribution >= 0.6 is 0 Å². The van der Waals surface area contributed by atoms with Crippen LogP contribution in [0.5, 0.6) is 0 Å². The van der Waals surface area contributed by atoms with Crippen LogP contribution in [0.4, 0.5) is 15.8 Å². The molecule has 10 heteroatoms. The lowest BCUT2D eigenvalue weighted by Gasteiger charge is -2.07. The number of sulfone groups is 1. The zero-order valence-corrected chi connectivity index (χ0v) is 18.0. The molecule has 0 bridgehead atoms. The topological polar surface area (TPSA) is 111 Å². The monoisotopic (exact) mass is 467 g/mol. The molecule has 1 aromatic heterocycles. The lowest BCUT2D eigenvalue weighted by molar-refractivity contribution is -0.384. The van der Waals surface area contributed by atoms with Gasteiger partial charge in [0.2, 0.25) is 5.91 Å². The summed E-state index contributed by atoms with van der Waals surface area (Å²) in [6.45, 7) is -0.174. The van der Waals surface area contributed by atoms with Crippen molar-refractivity contribution in [2.75, 3.05) is 5.32 Å². The zero-order valence-electron chi connectivity index (χ0n) is 17.1. The summed E-state index contributed by atoms with van der Waals surface area (Å²) in [5.41, 5.74) is 1.15. The molecule has 0 atom stereocenters. The Balaban J connectivity index is 1.60. The van der Waals surface area contributed by atoms with Crippen molar-refractivity contribution in [3.8, 4) is 0 Å². The number of aromatic nitrogens is 1. The van der Waals surface area contributed by atoms with Gasteiger partial charge in [-0.25, -0.2) is 12.8 Å². The molecule has 0 aliphatic carbocycles. The number of nitro benzene ring substituents is 1. The molecule has 0 aliphatic rings. The minimum absolute atomic E-state index is 0.0468. The first kappa shape index (κ1) is 22.2. The summed E-state index contributed by atoms with van der Waals surface area (Å²) in [6, 6.07) is 17.6. The zero-order chi connectivity index (χ0) is 23.6. The number of para-hydroxylation sites is 1. The Bertz CT molecular complexity index is 1460. The predicted octanol–water partition coefficient (Wildman–Crippen LogP) is 4.30. The fourth-order valence-corrected chi connectivity index (χ4v) is 5.11. The number of nitro groups is 1. The average Bonchev–Trinajstić information content (AvgIpc) is 3.13. The van der Waals surface area contributed by atoms with E-state index in [1.165, 1.54) is 59.3 Å². The van der Waals surface area contributed by atoms with Gasteiger partial charge in [0, 0.05) is 34.9 Å². The Morgan fingerprint density at radius 2 is 1.76 bits per heavy atom. The van der Waals surface area contributed by atoms with Gasteiger partial charge in [0.1, 0.15) is 12.4 Å². The van der Waals surface area contributed by atoms with E-state index >= 15 is 0 Å². The van der Waals surface area contributed by atoms with E-state index in [2.05, 4.69) is 5.32 Å². The van der Waals surface area contributed by atoms with Crippen LogP contribution in [0.25, 0.3) is 10.9 Å². The van der Waals surface area contributed by atoms with Crippen molar-refractivity contribution in [3.05, 3.63) is 100 Å². The second-order valence-electron chi connectivity index (χ2n) is 7.38. The molecule has 1 amide bonds. The summed E-state index contributed by atoms with van der Waals surface area (Å²) in [6.07, 6.45) is 1.40. The highest BCUT2D eigenvalue weighted by atomic mass is 32.2. The molecule has 0 aliphatic heterocycles. The van der Waals surface area contributed by atoms with Crippen LogP contribution in [-0.4, -0.2) is 23.8 Å². The third-order valence-electron chi connectivity index (χ3n) is 5.01. The molecule has 3 aromatic carbocycles. The number of rotatable bonds is 7. The highest BCUT2D eigenvalue weighted by Gasteiger charge is 2.22. The van der Waals surface area contributed by atoms with Crippen molar-refractivity contribution >= 4 is 38.0 Å². The first-order valence-electron chi connectivity index (χ1n) is 9.82. The number of hydrogen-bond donors (Lipinski definition) is 1. The van der Waals surface area contributed by atoms with E-state index in [1.807, 2.05) is 0 Å². The van der Waals surface area contributed by atoms with Gasteiger partial charge in [-0.1, -0.05) is 30.3 Å². The van der Waals surface area contributed by atoms with E-state index in [9.17, 15) is 27.7 Å². The van der Waals surface area contributed by atoms with Crippen LogP contribution in [0, 0.1) is 15.9 Å². The van der Waals surface area contributed by atoms with Gasteiger partial charge in [-0.2, -0.15) is 0 Å². The molecule has 4 rings (SSSR count). The molecule has 8 nitrogen and oxygen atoms in total. The maximum absolute atomic E-state index is 13.5. The summed E-state index contributed by atoms with van der Waals surface area (Å²) in [7, 11) is -3.83. The Hall–Kier alpha value is -4.05. The fourth-order valence-electron chi connectivity index (χ4n) is 3.54. The van der Waals surface area contributed by atoms with Crippen LogP contribution in [-0.2, 0) is 26.9 Å². The number of benzene rings is 3. The molecule has 168 valence electrons. The summed E-state index contributed by atoms with van der Waals surface area (Å²) in [5.74, 6) is -1.33. The van der Waals surface area contributed by atoms with Crippen molar-refractivity contribution in [2.45, 2.75) is 17.2 Å². The van der Waals surface area contributed by atoms with Gasteiger partial charge >= 0.3 is 0 Å². The van der Waals surface area contributed by atoms with Crippen molar-refractivity contribution in [1.29, 1.82) is 0 Å². The summed E-state index contributed by atoms with van der Waals surface area (Å²) < 4.78 is 41.3. The second-order valence-corrected chi connectivity index (χ2v) is 9.34. The molecule has 0 radical (unpaired) electrons. The van der Waals surface area contributed by atoms with E-state index in [4.69, 9.17) is 0 Å². The minimum Gasteiger partial charge on any atom is -0.337 e. The standard InChI is InChI=1S/C23H18FN3O5S/c24-17-5-3-4-16(12-17)15-33(31,32)22-13-26(21-7-2-1-6-20(21)22)14-23(28)25-18-8-10-19(11-9-18)27(29)30/h1-13H,14-15H2,(H,25,28). The number of carbonyl (C=O) groups is 1. The number of carbonyl (C=O) groups excluding carboxylic acids is 1. The van der Waals surface area contributed by atoms with E-state index in [0.717, 1.165) is 0 Å². The van der Waals surface area contributed by atoms with Crippen molar-refractivity contribution in [2.24, 2.45) is 0 Å². The Kier molecular flexibility index (Phi) is 5.93. The summed E-state index contributed by atoms with van der Waals surface area (Å²) >= 11 is 0. The molecule has 0 fully saturated rings. The van der Waals surface area contributed by atoms with Crippen molar-refractivity contribution in [3.63, 3.8) is 0 Å². The van der Waals surface area contributed by atoms with Crippen molar-refractivity contribution < 1.29 is 22.5 Å². The van der Waals surface area contributed by atoms with Gasteiger partial charge in [0.05, 0.1) is 15.6 Å². The van der Waals surface area contributed by atoms with Gasteiger partial charge in [-0.3, -0.25) is 14.9 Å². The van der Waals surface area contributed by atoms with Crippen LogP contribution in [0.1, 0.15) is 5.56 Å². The van der Waals surface area contributed by atoms with Gasteiger partial charge in [0.25, 0.3) is 5.69 Å². The Morgan fingerprint density at radius 1 is 1.03 bits per heavy atom. The van der Waals surface area contributed by atoms with Crippen LogP contribution in [0.3, 0.4) is 0 Å². The second kappa shape index (κ2) is 8.83. The summed E-state index contributed by atoms with van der Waals surface area (Å²) in [5, 5.41) is 13.9. The van der Waals surface area contributed by atoms with Gasteiger partial charge < -0.3 is 9.88 Å². The van der Waals surface area contributed by atoms with Crippen LogP contribution in [0.15, 0.2) is 83.9 Å². The third-order valence-corrected chi connectivity index (χ3v) is 6.72. The van der Waals surface area contributed by atoms with Gasteiger partial charge in [-0.05, 0) is 35.9 Å². The normalized spacial score (nSPS) is 11.4. The Morgan fingerprint density at radius 3 is 2.45 bits per heavy atom. The van der Waals surface area contributed by atoms with E-state index < -0.39 is 26.5 Å². The first-order chi connectivity index (χ1) is 15.7. The lowest BCUT2D eigenvalue weighted by atomic mass is 10.2. The number of nitrogens with zero attached hydrogens (tertiary/aromatic N) is 2. The molecule has 0 spiro atoms. The molecule has 33 heavy (non-hydrogen) atoms. The van der Waals surface area contributed by atoms with Gasteiger partial charge in [0.15, 0.2) is 9.84 Å². The molecule has 0 unspecified atom stereocenters. The Labute approximate surface area is 188 Å². The number of halogens is 1. The molecule has 0 saturated heterocycles. The molecule has 1 N–H and O–H groups in total. The molecule has 1 heterocycles. The number of fused-ring (bicyclic) bond motifs is 1. The number of anilines is 1. The van der Waals surface area contributed by atoms with E-state index in [1.54, 1.807) is 24.3 Å². The molecular weight excluding hydrogens is 449 g/mol. The third kappa shape index (κ3) is 4.90. The average molecular weight is 467 g/mol. The van der Waals surface area contributed by atoms with Crippen LogP contribution in [0.2, 0.25) is 0 Å². The predicted molar refractivity (Wildman–Crippen MR) is 121 cm³/mol. The summed E-state index contributed by atoms with van der Waals surface area (Å²) in [4.78, 5) is 22.8. The first-order valence-corrected chi connectivity index (χ1v) is 11.5. The number of nitrogens with one attached hydrogen (secondary N) is 1. The number of amides is 1.